The fourth-order valence-corrected chi connectivity index (χ4v) is 2.83. The van der Waals surface area contributed by atoms with E-state index in [9.17, 15) is 14.7 Å². The minimum Gasteiger partial charge on any atom is -0.393 e. The first-order chi connectivity index (χ1) is 10.3. The smallest absolute Gasteiger partial charge is 0.262 e. The van der Waals surface area contributed by atoms with E-state index in [0.29, 0.717) is 17.8 Å². The molecule has 6 heteroatoms. The molecular weight excluding hydrogens is 300 g/mol. The van der Waals surface area contributed by atoms with E-state index >= 15 is 0 Å². The molecule has 0 saturated heterocycles. The van der Waals surface area contributed by atoms with Crippen LogP contribution in [0.4, 0.5) is 0 Å². The molecular formula is C16H26N2O3S. The molecule has 1 aromatic rings. The summed E-state index contributed by atoms with van der Waals surface area (Å²) in [6.07, 6.45) is 0.250. The summed E-state index contributed by atoms with van der Waals surface area (Å²) in [5.41, 5.74) is 0. The van der Waals surface area contributed by atoms with Crippen molar-refractivity contribution in [1.29, 1.82) is 0 Å². The van der Waals surface area contributed by atoms with Gasteiger partial charge in [0.25, 0.3) is 5.91 Å². The Balaban J connectivity index is 2.55. The van der Waals surface area contributed by atoms with Crippen LogP contribution in [0.2, 0.25) is 0 Å². The van der Waals surface area contributed by atoms with Gasteiger partial charge in [0.2, 0.25) is 5.91 Å². The van der Waals surface area contributed by atoms with Crippen molar-refractivity contribution in [3.63, 3.8) is 0 Å². The van der Waals surface area contributed by atoms with Crippen molar-refractivity contribution in [2.45, 2.75) is 46.3 Å². The summed E-state index contributed by atoms with van der Waals surface area (Å²) in [7, 11) is 0. The third-order valence-corrected chi connectivity index (χ3v) is 4.22. The van der Waals surface area contributed by atoms with E-state index in [1.807, 2.05) is 32.2 Å². The van der Waals surface area contributed by atoms with Gasteiger partial charge in [-0.15, -0.1) is 11.3 Å². The highest BCUT2D eigenvalue weighted by Gasteiger charge is 2.25. The zero-order valence-electron chi connectivity index (χ0n) is 13.6. The van der Waals surface area contributed by atoms with Gasteiger partial charge in [-0.25, -0.2) is 0 Å². The first kappa shape index (κ1) is 18.6. The van der Waals surface area contributed by atoms with Crippen LogP contribution in [0.5, 0.6) is 0 Å². The van der Waals surface area contributed by atoms with Gasteiger partial charge < -0.3 is 15.7 Å². The van der Waals surface area contributed by atoms with Crippen LogP contribution < -0.4 is 10.6 Å². The first-order valence-electron chi connectivity index (χ1n) is 7.61. The summed E-state index contributed by atoms with van der Waals surface area (Å²) in [5.74, 6) is -0.223. The van der Waals surface area contributed by atoms with Crippen molar-refractivity contribution in [2.24, 2.45) is 11.8 Å². The summed E-state index contributed by atoms with van der Waals surface area (Å²) in [6, 6.07) is 2.98. The lowest BCUT2D eigenvalue weighted by Crippen LogP contribution is -2.50. The second kappa shape index (κ2) is 8.90. The van der Waals surface area contributed by atoms with Crippen molar-refractivity contribution in [3.05, 3.63) is 22.4 Å². The largest absolute Gasteiger partial charge is 0.393 e. The van der Waals surface area contributed by atoms with E-state index < -0.39 is 6.04 Å². The quantitative estimate of drug-likeness (QED) is 0.684. The molecule has 3 unspecified atom stereocenters. The topological polar surface area (TPSA) is 78.4 Å². The molecule has 0 saturated carbocycles. The maximum atomic E-state index is 12.3. The second-order valence-electron chi connectivity index (χ2n) is 6.11. The van der Waals surface area contributed by atoms with Gasteiger partial charge in [-0.1, -0.05) is 26.8 Å². The first-order valence-corrected chi connectivity index (χ1v) is 8.49. The lowest BCUT2D eigenvalue weighted by Gasteiger charge is -2.23. The molecule has 124 valence electrons. The second-order valence-corrected chi connectivity index (χ2v) is 7.06. The maximum absolute atomic E-state index is 12.3. The van der Waals surface area contributed by atoms with E-state index in [0.717, 1.165) is 0 Å². The summed E-state index contributed by atoms with van der Waals surface area (Å²) in [4.78, 5) is 25.0. The number of hydrogen-bond acceptors (Lipinski definition) is 4. The Morgan fingerprint density at radius 3 is 2.45 bits per heavy atom. The third-order valence-electron chi connectivity index (χ3n) is 3.35. The maximum Gasteiger partial charge on any atom is 0.262 e. The van der Waals surface area contributed by atoms with Crippen molar-refractivity contribution >= 4 is 23.2 Å². The summed E-state index contributed by atoms with van der Waals surface area (Å²) >= 11 is 1.35. The predicted molar refractivity (Wildman–Crippen MR) is 88.9 cm³/mol. The number of aliphatic hydroxyl groups is 1. The number of amides is 2. The van der Waals surface area contributed by atoms with Crippen LogP contribution in [-0.4, -0.2) is 35.6 Å². The summed E-state index contributed by atoms with van der Waals surface area (Å²) < 4.78 is 0. The van der Waals surface area contributed by atoms with E-state index in [1.165, 1.54) is 11.3 Å². The number of carbonyl (C=O) groups excluding carboxylic acids is 2. The van der Waals surface area contributed by atoms with Crippen LogP contribution >= 0.6 is 11.3 Å². The van der Waals surface area contributed by atoms with Gasteiger partial charge >= 0.3 is 0 Å². The van der Waals surface area contributed by atoms with Crippen LogP contribution in [0.15, 0.2) is 17.5 Å². The molecule has 1 aromatic heterocycles. The number of carbonyl (C=O) groups is 2. The van der Waals surface area contributed by atoms with Gasteiger partial charge in [-0.05, 0) is 36.6 Å². The lowest BCUT2D eigenvalue weighted by molar-refractivity contribution is -0.124. The Morgan fingerprint density at radius 2 is 1.95 bits per heavy atom. The van der Waals surface area contributed by atoms with Crippen LogP contribution in [0.25, 0.3) is 0 Å². The molecule has 22 heavy (non-hydrogen) atoms. The van der Waals surface area contributed by atoms with Gasteiger partial charge in [0.15, 0.2) is 0 Å². The van der Waals surface area contributed by atoms with E-state index in [1.54, 1.807) is 13.0 Å². The average molecular weight is 326 g/mol. The Kier molecular flexibility index (Phi) is 7.55. The highest BCUT2D eigenvalue weighted by atomic mass is 32.1. The molecule has 0 radical (unpaired) electrons. The zero-order valence-corrected chi connectivity index (χ0v) is 14.4. The summed E-state index contributed by atoms with van der Waals surface area (Å²) in [5, 5.41) is 16.8. The van der Waals surface area contributed by atoms with Gasteiger partial charge in [0.05, 0.1) is 11.0 Å². The van der Waals surface area contributed by atoms with Gasteiger partial charge in [0.1, 0.15) is 6.04 Å². The van der Waals surface area contributed by atoms with Crippen LogP contribution in [0, 0.1) is 11.8 Å². The SMILES string of the molecule is CC(O)CC(C)CNC(=O)C(NC(=O)c1cccs1)C(C)C. The van der Waals surface area contributed by atoms with Gasteiger partial charge in [-0.3, -0.25) is 9.59 Å². The minimum atomic E-state index is -0.562. The molecule has 0 aliphatic heterocycles. The Hall–Kier alpha value is -1.40. The molecule has 3 N–H and O–H groups in total. The van der Waals surface area contributed by atoms with Crippen LogP contribution in [0.3, 0.4) is 0 Å². The number of aliphatic hydroxyl groups excluding tert-OH is 1. The molecule has 0 aliphatic carbocycles. The number of nitrogens with one attached hydrogen (secondary N) is 2. The minimum absolute atomic E-state index is 0.00372. The summed E-state index contributed by atoms with van der Waals surface area (Å²) in [6.45, 7) is 8.00. The van der Waals surface area contributed by atoms with Gasteiger partial charge in [0, 0.05) is 6.54 Å². The van der Waals surface area contributed by atoms with Crippen molar-refractivity contribution in [3.8, 4) is 0 Å². The number of hydrogen-bond donors (Lipinski definition) is 3. The number of thiophene rings is 1. The molecule has 1 rings (SSSR count). The van der Waals surface area contributed by atoms with Crippen molar-refractivity contribution < 1.29 is 14.7 Å². The van der Waals surface area contributed by atoms with E-state index in [2.05, 4.69) is 10.6 Å². The normalized spacial score (nSPS) is 15.2. The predicted octanol–water partition coefficient (Wildman–Crippen LogP) is 2.03. The fraction of sp³-hybridized carbons (Fsp3) is 0.625. The van der Waals surface area contributed by atoms with E-state index in [4.69, 9.17) is 0 Å². The van der Waals surface area contributed by atoms with Crippen LogP contribution in [-0.2, 0) is 4.79 Å². The Morgan fingerprint density at radius 1 is 1.27 bits per heavy atom. The Bertz CT molecular complexity index is 472. The van der Waals surface area contributed by atoms with Crippen molar-refractivity contribution in [1.82, 2.24) is 10.6 Å². The Labute approximate surface area is 136 Å². The molecule has 1 heterocycles. The molecule has 5 nitrogen and oxygen atoms in total. The zero-order chi connectivity index (χ0) is 16.7. The molecule has 0 fully saturated rings. The molecule has 0 aliphatic rings. The van der Waals surface area contributed by atoms with Gasteiger partial charge in [-0.2, -0.15) is 0 Å². The van der Waals surface area contributed by atoms with Crippen molar-refractivity contribution in [2.75, 3.05) is 6.54 Å². The fourth-order valence-electron chi connectivity index (χ4n) is 2.21. The molecule has 0 aromatic carbocycles. The molecule has 2 amide bonds. The van der Waals surface area contributed by atoms with Crippen LogP contribution in [0.1, 0.15) is 43.8 Å². The highest BCUT2D eigenvalue weighted by Crippen LogP contribution is 2.11. The molecule has 0 spiro atoms. The lowest BCUT2D eigenvalue weighted by atomic mass is 10.0. The highest BCUT2D eigenvalue weighted by molar-refractivity contribution is 7.12. The molecule has 3 atom stereocenters. The standard InChI is InChI=1S/C16H26N2O3S/c1-10(2)14(18-15(20)13-6-5-7-22-13)16(21)17-9-11(3)8-12(4)19/h5-7,10-12,14,19H,8-9H2,1-4H3,(H,17,21)(H,18,20). The van der Waals surface area contributed by atoms with E-state index in [-0.39, 0.29) is 29.8 Å². The number of rotatable bonds is 8. The average Bonchev–Trinajstić information content (AvgIpc) is 2.95. The third kappa shape index (κ3) is 6.15. The monoisotopic (exact) mass is 326 g/mol. The molecule has 0 bridgehead atoms.